The van der Waals surface area contributed by atoms with E-state index in [4.69, 9.17) is 10.7 Å². The Bertz CT molecular complexity index is 995. The fourth-order valence-electron chi connectivity index (χ4n) is 3.16. The highest BCUT2D eigenvalue weighted by Crippen LogP contribution is 2.40. The molecule has 2 aromatic carbocycles. The first-order valence-electron chi connectivity index (χ1n) is 9.80. The zero-order chi connectivity index (χ0) is 22.9. The highest BCUT2D eigenvalue weighted by molar-refractivity contribution is 8.13. The van der Waals surface area contributed by atoms with Gasteiger partial charge in [0, 0.05) is 22.8 Å². The van der Waals surface area contributed by atoms with Crippen LogP contribution in [0.25, 0.3) is 0 Å². The van der Waals surface area contributed by atoms with Gasteiger partial charge in [-0.05, 0) is 58.2 Å². The van der Waals surface area contributed by atoms with Gasteiger partial charge in [-0.3, -0.25) is 4.79 Å². The summed E-state index contributed by atoms with van der Waals surface area (Å²) in [6.07, 6.45) is 0.778. The number of rotatable bonds is 5. The van der Waals surface area contributed by atoms with Crippen LogP contribution in [0.4, 0.5) is 5.69 Å². The van der Waals surface area contributed by atoms with Crippen molar-refractivity contribution in [1.82, 2.24) is 0 Å². The summed E-state index contributed by atoms with van der Waals surface area (Å²) in [6.45, 7) is 12.3. The number of amides is 1. The van der Waals surface area contributed by atoms with E-state index in [2.05, 4.69) is 46.9 Å². The smallest absolute Gasteiger partial charge is 0.261 e. The molecule has 7 heteroatoms. The molecule has 0 saturated heterocycles. The molecular weight excluding hydrogens is 422 g/mol. The third-order valence-corrected chi connectivity index (χ3v) is 6.22. The lowest BCUT2D eigenvalue weighted by atomic mass is 9.78. The lowest BCUT2D eigenvalue weighted by Gasteiger charge is -2.28. The van der Waals surface area contributed by atoms with Crippen molar-refractivity contribution in [1.29, 1.82) is 0 Å². The highest BCUT2D eigenvalue weighted by atomic mass is 35.7. The molecule has 0 bridgehead atoms. The van der Waals surface area contributed by atoms with E-state index in [1.54, 1.807) is 0 Å². The van der Waals surface area contributed by atoms with Crippen LogP contribution in [0.3, 0.4) is 0 Å². The number of benzene rings is 2. The van der Waals surface area contributed by atoms with Gasteiger partial charge in [-0.15, -0.1) is 0 Å². The van der Waals surface area contributed by atoms with Gasteiger partial charge in [0.2, 0.25) is 5.91 Å². The molecule has 2 rings (SSSR count). The van der Waals surface area contributed by atoms with Crippen molar-refractivity contribution >= 4 is 31.3 Å². The van der Waals surface area contributed by atoms with E-state index in [-0.39, 0.29) is 28.1 Å². The minimum absolute atomic E-state index is 0.0179. The molecule has 0 heterocycles. The topological polar surface area (TPSA) is 83.5 Å². The maximum Gasteiger partial charge on any atom is 0.261 e. The second-order valence-electron chi connectivity index (χ2n) is 9.55. The van der Waals surface area contributed by atoms with Crippen LogP contribution < -0.4 is 5.32 Å². The second kappa shape index (κ2) is 8.60. The van der Waals surface area contributed by atoms with Gasteiger partial charge in [0.05, 0.1) is 4.90 Å². The Balaban J connectivity index is 2.17. The average Bonchev–Trinajstić information content (AvgIpc) is 2.58. The Morgan fingerprint density at radius 1 is 0.967 bits per heavy atom. The number of phenolic OH excluding ortho intramolecular Hbond substituents is 1. The molecule has 0 unspecified atom stereocenters. The Hall–Kier alpha value is -2.05. The molecule has 0 aliphatic rings. The lowest BCUT2D eigenvalue weighted by molar-refractivity contribution is -0.116. The van der Waals surface area contributed by atoms with Gasteiger partial charge >= 0.3 is 0 Å². The van der Waals surface area contributed by atoms with Crippen LogP contribution in [0.1, 0.15) is 64.7 Å². The van der Waals surface area contributed by atoms with Gasteiger partial charge in [-0.25, -0.2) is 8.42 Å². The van der Waals surface area contributed by atoms with Crippen LogP contribution in [0.15, 0.2) is 41.3 Å². The van der Waals surface area contributed by atoms with Gasteiger partial charge in [0.15, 0.2) is 0 Å². The molecule has 0 saturated carbocycles. The number of aromatic hydroxyl groups is 1. The van der Waals surface area contributed by atoms with Crippen LogP contribution in [0.5, 0.6) is 5.75 Å². The monoisotopic (exact) mass is 451 g/mol. The van der Waals surface area contributed by atoms with Crippen molar-refractivity contribution in [2.75, 3.05) is 5.32 Å². The van der Waals surface area contributed by atoms with E-state index in [1.165, 1.54) is 24.3 Å². The molecule has 0 aliphatic carbocycles. The quantitative estimate of drug-likeness (QED) is 0.589. The zero-order valence-corrected chi connectivity index (χ0v) is 19.9. The number of nitrogens with one attached hydrogen (secondary N) is 1. The molecular formula is C23H30ClNO4S. The van der Waals surface area contributed by atoms with E-state index in [1.807, 2.05) is 12.1 Å². The first kappa shape index (κ1) is 24.2. The zero-order valence-electron chi connectivity index (χ0n) is 18.3. The number of hydrogen-bond acceptors (Lipinski definition) is 4. The van der Waals surface area contributed by atoms with Gasteiger partial charge in [-0.2, -0.15) is 0 Å². The summed E-state index contributed by atoms with van der Waals surface area (Å²) >= 11 is 0. The Morgan fingerprint density at radius 3 is 1.83 bits per heavy atom. The van der Waals surface area contributed by atoms with Crippen molar-refractivity contribution < 1.29 is 18.3 Å². The largest absolute Gasteiger partial charge is 0.507 e. The Labute approximate surface area is 183 Å². The van der Waals surface area contributed by atoms with E-state index < -0.39 is 9.05 Å². The van der Waals surface area contributed by atoms with Crippen molar-refractivity contribution in [2.24, 2.45) is 0 Å². The van der Waals surface area contributed by atoms with Gasteiger partial charge in [0.25, 0.3) is 9.05 Å². The minimum Gasteiger partial charge on any atom is -0.507 e. The minimum atomic E-state index is -3.79. The third kappa shape index (κ3) is 6.22. The van der Waals surface area contributed by atoms with Crippen molar-refractivity contribution in [3.8, 4) is 5.75 Å². The SMILES string of the molecule is CC(C)(C)c1cc(CCC(=O)Nc2ccc(S(=O)(=O)Cl)cc2)cc(C(C)(C)C)c1O. The standard InChI is InChI=1S/C23H30ClNO4S/c1-22(2,3)18-13-15(14-19(21(18)27)23(4,5)6)7-12-20(26)25-16-8-10-17(11-9-16)30(24,28)29/h8-11,13-14,27H,7,12H2,1-6H3,(H,25,26). The predicted molar refractivity (Wildman–Crippen MR) is 122 cm³/mol. The summed E-state index contributed by atoms with van der Waals surface area (Å²) in [5, 5.41) is 13.6. The number of carbonyl (C=O) groups excluding carboxylic acids is 1. The second-order valence-corrected chi connectivity index (χ2v) is 12.1. The van der Waals surface area contributed by atoms with E-state index in [0.717, 1.165) is 16.7 Å². The van der Waals surface area contributed by atoms with Crippen LogP contribution in [-0.4, -0.2) is 19.4 Å². The molecule has 2 N–H and O–H groups in total. The molecule has 0 aromatic heterocycles. The summed E-state index contributed by atoms with van der Waals surface area (Å²) < 4.78 is 22.6. The third-order valence-electron chi connectivity index (χ3n) is 4.85. The number of anilines is 1. The molecule has 0 fully saturated rings. The van der Waals surface area contributed by atoms with Crippen molar-refractivity contribution in [3.05, 3.63) is 53.1 Å². The summed E-state index contributed by atoms with van der Waals surface area (Å²) in [6, 6.07) is 9.65. The highest BCUT2D eigenvalue weighted by Gasteiger charge is 2.26. The van der Waals surface area contributed by atoms with E-state index >= 15 is 0 Å². The lowest BCUT2D eigenvalue weighted by Crippen LogP contribution is -2.18. The molecule has 30 heavy (non-hydrogen) atoms. The predicted octanol–water partition coefficient (Wildman–Crippen LogP) is 5.49. The van der Waals surface area contributed by atoms with Crippen LogP contribution in [-0.2, 0) is 31.1 Å². The average molecular weight is 452 g/mol. The summed E-state index contributed by atoms with van der Waals surface area (Å²) in [5.74, 6) is 0.136. The molecule has 0 atom stereocenters. The molecule has 2 aromatic rings. The van der Waals surface area contributed by atoms with Gasteiger partial charge < -0.3 is 10.4 Å². The summed E-state index contributed by atoms with van der Waals surface area (Å²) in [5.41, 5.74) is 2.76. The van der Waals surface area contributed by atoms with E-state index in [0.29, 0.717) is 17.9 Å². The molecule has 0 radical (unpaired) electrons. The number of halogens is 1. The summed E-state index contributed by atoms with van der Waals surface area (Å²) in [7, 11) is 1.51. The summed E-state index contributed by atoms with van der Waals surface area (Å²) in [4.78, 5) is 12.4. The van der Waals surface area contributed by atoms with E-state index in [9.17, 15) is 18.3 Å². The van der Waals surface area contributed by atoms with Crippen LogP contribution in [0, 0.1) is 0 Å². The number of hydrogen-bond donors (Lipinski definition) is 2. The number of aryl methyl sites for hydroxylation is 1. The maximum absolute atomic E-state index is 12.4. The number of carbonyl (C=O) groups is 1. The Kier molecular flexibility index (Phi) is 6.94. The van der Waals surface area contributed by atoms with Gasteiger partial charge in [0.1, 0.15) is 5.75 Å². The maximum atomic E-state index is 12.4. The van der Waals surface area contributed by atoms with Crippen molar-refractivity contribution in [3.63, 3.8) is 0 Å². The van der Waals surface area contributed by atoms with Crippen LogP contribution in [0.2, 0.25) is 0 Å². The molecule has 164 valence electrons. The first-order valence-corrected chi connectivity index (χ1v) is 12.1. The molecule has 1 amide bonds. The van der Waals surface area contributed by atoms with Crippen LogP contribution >= 0.6 is 10.7 Å². The molecule has 0 aliphatic heterocycles. The Morgan fingerprint density at radius 2 is 1.43 bits per heavy atom. The fraction of sp³-hybridized carbons (Fsp3) is 0.435. The van der Waals surface area contributed by atoms with Gasteiger partial charge in [-0.1, -0.05) is 53.7 Å². The molecule has 5 nitrogen and oxygen atoms in total. The fourth-order valence-corrected chi connectivity index (χ4v) is 3.93. The normalized spacial score (nSPS) is 12.6. The molecule has 0 spiro atoms. The number of phenols is 1. The first-order chi connectivity index (χ1) is 13.6. The van der Waals surface area contributed by atoms with Crippen molar-refractivity contribution in [2.45, 2.75) is 70.1 Å².